The van der Waals surface area contributed by atoms with E-state index in [0.717, 1.165) is 17.9 Å². The molecule has 2 aromatic carbocycles. The first-order chi connectivity index (χ1) is 11.5. The zero-order valence-electron chi connectivity index (χ0n) is 12.2. The molecule has 5 heteroatoms. The van der Waals surface area contributed by atoms with Crippen molar-refractivity contribution in [2.75, 3.05) is 6.61 Å². The summed E-state index contributed by atoms with van der Waals surface area (Å²) in [5.74, 6) is 6.05. The molecule has 2 nitrogen and oxygen atoms in total. The predicted octanol–water partition coefficient (Wildman–Crippen LogP) is 3.68. The summed E-state index contributed by atoms with van der Waals surface area (Å²) in [6.45, 7) is 0.186. The Bertz CT molecular complexity index is 883. The lowest BCUT2D eigenvalue weighted by Crippen LogP contribution is -2.08. The van der Waals surface area contributed by atoms with Gasteiger partial charge in [-0.05, 0) is 24.3 Å². The van der Waals surface area contributed by atoms with Crippen molar-refractivity contribution in [3.8, 4) is 17.6 Å². The molecule has 24 heavy (non-hydrogen) atoms. The second-order valence-electron chi connectivity index (χ2n) is 5.05. The smallest absolute Gasteiger partial charge is 0.424 e. The van der Waals surface area contributed by atoms with Gasteiger partial charge in [-0.1, -0.05) is 30.0 Å². The molecule has 0 saturated carbocycles. The molecule has 0 bridgehead atoms. The van der Waals surface area contributed by atoms with E-state index in [1.807, 2.05) is 6.07 Å². The molecule has 0 radical (unpaired) electrons. The van der Waals surface area contributed by atoms with E-state index in [1.54, 1.807) is 24.3 Å². The second-order valence-corrected chi connectivity index (χ2v) is 5.05. The molecule has 0 unspecified atom stereocenters. The van der Waals surface area contributed by atoms with Crippen LogP contribution >= 0.6 is 0 Å². The lowest BCUT2D eigenvalue weighted by molar-refractivity contribution is -0.137. The molecule has 0 saturated heterocycles. The van der Waals surface area contributed by atoms with Crippen LogP contribution < -0.4 is 4.74 Å². The standard InChI is InChI=1S/C19H9F3O2/c20-19(21,22)17-3-1-2-13(9-17)4-5-14-6-7-16-8-15(11-23)12-24-18(16)10-14/h2,6-11H,12H2. The van der Waals surface area contributed by atoms with Crippen molar-refractivity contribution in [3.63, 3.8) is 0 Å². The summed E-state index contributed by atoms with van der Waals surface area (Å²) >= 11 is 0. The van der Waals surface area contributed by atoms with Crippen molar-refractivity contribution in [1.29, 1.82) is 0 Å². The molecule has 0 amide bonds. The highest BCUT2D eigenvalue weighted by molar-refractivity contribution is 5.84. The summed E-state index contributed by atoms with van der Waals surface area (Å²) in [5, 5.41) is 0. The molecule has 1 heterocycles. The largest absolute Gasteiger partial charge is 0.488 e. The van der Waals surface area contributed by atoms with Gasteiger partial charge in [0.05, 0.1) is 0 Å². The topological polar surface area (TPSA) is 26.3 Å². The van der Waals surface area contributed by atoms with Crippen molar-refractivity contribution in [3.05, 3.63) is 70.3 Å². The minimum atomic E-state index is -4.48. The van der Waals surface area contributed by atoms with Gasteiger partial charge in [0.2, 0.25) is 0 Å². The molecule has 0 spiro atoms. The highest BCUT2D eigenvalue weighted by Gasteiger charge is 2.30. The number of carbonyl (C=O) groups excluding carboxylic acids is 1. The number of rotatable bonds is 1. The van der Waals surface area contributed by atoms with E-state index in [4.69, 9.17) is 4.74 Å². The summed E-state index contributed by atoms with van der Waals surface area (Å²) in [4.78, 5) is 10.7. The molecule has 0 aliphatic carbocycles. The maximum atomic E-state index is 12.6. The van der Waals surface area contributed by atoms with Gasteiger partial charge in [-0.3, -0.25) is 4.79 Å². The van der Waals surface area contributed by atoms with Crippen molar-refractivity contribution < 1.29 is 22.7 Å². The normalized spacial score (nSPS) is 12.7. The average molecular weight is 326 g/mol. The number of hydrogen-bond acceptors (Lipinski definition) is 2. The molecule has 118 valence electrons. The molecular weight excluding hydrogens is 317 g/mol. The van der Waals surface area contributed by atoms with Gasteiger partial charge in [-0.15, -0.1) is 0 Å². The Morgan fingerprint density at radius 2 is 1.96 bits per heavy atom. The fourth-order valence-electron chi connectivity index (χ4n) is 2.12. The third-order valence-electron chi connectivity index (χ3n) is 3.29. The SMILES string of the molecule is O=CC1=Cc2ccc(C#Cc3cc#cc(C(F)(F)F)c3)cc2OC1. The lowest BCUT2D eigenvalue weighted by Gasteiger charge is -2.14. The van der Waals surface area contributed by atoms with Crippen molar-refractivity contribution in [2.24, 2.45) is 0 Å². The van der Waals surface area contributed by atoms with Gasteiger partial charge in [-0.25, -0.2) is 0 Å². The van der Waals surface area contributed by atoms with E-state index in [2.05, 4.69) is 17.9 Å². The number of benzene rings is 1. The number of hydrogen-bond donors (Lipinski definition) is 0. The fourth-order valence-corrected chi connectivity index (χ4v) is 2.12. The Morgan fingerprint density at radius 3 is 2.71 bits per heavy atom. The van der Waals surface area contributed by atoms with E-state index in [-0.39, 0.29) is 12.2 Å². The average Bonchev–Trinajstić information content (AvgIpc) is 2.59. The quantitative estimate of drug-likeness (QED) is 0.590. The van der Waals surface area contributed by atoms with Crippen molar-refractivity contribution in [1.82, 2.24) is 0 Å². The van der Waals surface area contributed by atoms with Crippen LogP contribution in [0.15, 0.2) is 35.9 Å². The number of aldehydes is 1. The fraction of sp³-hybridized carbons (Fsp3) is 0.105. The Morgan fingerprint density at radius 1 is 1.17 bits per heavy atom. The number of alkyl halides is 3. The van der Waals surface area contributed by atoms with Crippen molar-refractivity contribution in [2.45, 2.75) is 6.18 Å². The zero-order chi connectivity index (χ0) is 17.2. The predicted molar refractivity (Wildman–Crippen MR) is 81.1 cm³/mol. The molecule has 1 aliphatic heterocycles. The zero-order valence-corrected chi connectivity index (χ0v) is 12.2. The lowest BCUT2D eigenvalue weighted by atomic mass is 10.1. The van der Waals surface area contributed by atoms with E-state index >= 15 is 0 Å². The number of fused-ring (bicyclic) bond motifs is 1. The molecule has 3 rings (SSSR count). The van der Waals surface area contributed by atoms with Crippen LogP contribution in [0.5, 0.6) is 5.75 Å². The number of halogens is 3. The van der Waals surface area contributed by atoms with Gasteiger partial charge >= 0.3 is 6.18 Å². The van der Waals surface area contributed by atoms with Gasteiger partial charge in [0.1, 0.15) is 24.2 Å². The summed E-state index contributed by atoms with van der Waals surface area (Å²) in [6.07, 6.45) is -2.02. The third kappa shape index (κ3) is 3.42. The van der Waals surface area contributed by atoms with Crippen LogP contribution in [-0.4, -0.2) is 12.9 Å². The van der Waals surface area contributed by atoms with Crippen LogP contribution in [0, 0.1) is 24.0 Å². The summed E-state index contributed by atoms with van der Waals surface area (Å²) in [7, 11) is 0. The maximum absolute atomic E-state index is 12.6. The highest BCUT2D eigenvalue weighted by atomic mass is 19.4. The van der Waals surface area contributed by atoms with E-state index in [9.17, 15) is 18.0 Å². The van der Waals surface area contributed by atoms with Gasteiger partial charge in [0.15, 0.2) is 0 Å². The second kappa shape index (κ2) is 6.14. The van der Waals surface area contributed by atoms with E-state index < -0.39 is 11.7 Å². The molecule has 1 aliphatic rings. The molecular formula is C19H9F3O2. The third-order valence-corrected chi connectivity index (χ3v) is 3.29. The number of ether oxygens (including phenoxy) is 1. The molecule has 0 N–H and O–H groups in total. The highest BCUT2D eigenvalue weighted by Crippen LogP contribution is 2.28. The Kier molecular flexibility index (Phi) is 4.02. The molecule has 2 aromatic rings. The van der Waals surface area contributed by atoms with Gasteiger partial charge in [-0.2, -0.15) is 13.2 Å². The van der Waals surface area contributed by atoms with Crippen LogP contribution in [0.2, 0.25) is 0 Å². The van der Waals surface area contributed by atoms with Gasteiger partial charge < -0.3 is 4.74 Å². The first-order valence-corrected chi connectivity index (χ1v) is 6.91. The van der Waals surface area contributed by atoms with Gasteiger partial charge in [0.25, 0.3) is 0 Å². The van der Waals surface area contributed by atoms with Crippen LogP contribution in [0.3, 0.4) is 0 Å². The maximum Gasteiger partial charge on any atom is 0.424 e. The van der Waals surface area contributed by atoms with Crippen LogP contribution in [0.25, 0.3) is 6.08 Å². The minimum absolute atomic E-state index is 0.186. The van der Waals surface area contributed by atoms with Crippen LogP contribution in [0.1, 0.15) is 22.3 Å². The Labute approximate surface area is 136 Å². The first kappa shape index (κ1) is 15.7. The molecule has 0 fully saturated rings. The van der Waals surface area contributed by atoms with Crippen LogP contribution in [-0.2, 0) is 11.0 Å². The summed E-state index contributed by atoms with van der Waals surface area (Å²) < 4.78 is 43.4. The molecule has 0 aromatic heterocycles. The Hall–Kier alpha value is -3.18. The monoisotopic (exact) mass is 326 g/mol. The van der Waals surface area contributed by atoms with E-state index in [0.29, 0.717) is 16.9 Å². The first-order valence-electron chi connectivity index (χ1n) is 6.91. The van der Waals surface area contributed by atoms with Crippen molar-refractivity contribution >= 4 is 12.4 Å². The van der Waals surface area contributed by atoms with Gasteiger partial charge in [0, 0.05) is 28.3 Å². The Balaban J connectivity index is 1.88. The minimum Gasteiger partial charge on any atom is -0.488 e. The van der Waals surface area contributed by atoms with Crippen LogP contribution in [0.4, 0.5) is 13.2 Å². The van der Waals surface area contributed by atoms with E-state index in [1.165, 1.54) is 6.07 Å². The number of carbonyl (C=O) groups is 1. The summed E-state index contributed by atoms with van der Waals surface area (Å²) in [5.41, 5.74) is 1.18. The summed E-state index contributed by atoms with van der Waals surface area (Å²) in [6, 6.07) is 11.8. The molecule has 0 atom stereocenters.